The molecule has 0 unspecified atom stereocenters. The van der Waals surface area contributed by atoms with E-state index >= 15 is 0 Å². The van der Waals surface area contributed by atoms with Crippen molar-refractivity contribution in [1.29, 1.82) is 0 Å². The number of nitrogens with two attached hydrogens (primary N) is 1. The van der Waals surface area contributed by atoms with Gasteiger partial charge in [0.25, 0.3) is 0 Å². The Morgan fingerprint density at radius 3 is 2.50 bits per heavy atom. The summed E-state index contributed by atoms with van der Waals surface area (Å²) in [5.41, 5.74) is 8.08. The molecule has 2 N–H and O–H groups in total. The summed E-state index contributed by atoms with van der Waals surface area (Å²) in [7, 11) is 0. The van der Waals surface area contributed by atoms with Crippen molar-refractivity contribution in [3.05, 3.63) is 0 Å². The smallest absolute Gasteiger partial charge is 0.129 e. The lowest BCUT2D eigenvalue weighted by Gasteiger charge is -2.60. The number of oxime groups is 1. The van der Waals surface area contributed by atoms with Gasteiger partial charge in [-0.3, -0.25) is 0 Å². The van der Waals surface area contributed by atoms with Gasteiger partial charge in [-0.25, -0.2) is 0 Å². The Kier molecular flexibility index (Phi) is 7.64. The first-order valence-corrected chi connectivity index (χ1v) is 14.2. The molecular weight excluding hydrogens is 392 g/mol. The molecule has 0 spiro atoms. The molecule has 4 rings (SSSR count). The second-order valence-corrected chi connectivity index (χ2v) is 13.1. The molecule has 0 aromatic carbocycles. The highest BCUT2D eigenvalue weighted by Crippen LogP contribution is 2.68. The molecule has 0 radical (unpaired) electrons. The van der Waals surface area contributed by atoms with Gasteiger partial charge in [-0.15, -0.1) is 0 Å². The molecule has 4 fully saturated rings. The summed E-state index contributed by atoms with van der Waals surface area (Å²) in [6, 6.07) is 0. The molecule has 8 atom stereocenters. The van der Waals surface area contributed by atoms with E-state index in [4.69, 9.17) is 15.7 Å². The van der Waals surface area contributed by atoms with Gasteiger partial charge in [0.2, 0.25) is 0 Å². The van der Waals surface area contributed by atoms with E-state index in [-0.39, 0.29) is 0 Å². The quantitative estimate of drug-likeness (QED) is 0.312. The van der Waals surface area contributed by atoms with Gasteiger partial charge in [-0.2, -0.15) is 0 Å². The zero-order chi connectivity index (χ0) is 22.9. The average Bonchev–Trinajstić information content (AvgIpc) is 3.11. The van der Waals surface area contributed by atoms with Crippen molar-refractivity contribution in [2.45, 2.75) is 112 Å². The van der Waals surface area contributed by atoms with Gasteiger partial charge in [-0.05, 0) is 91.3 Å². The lowest BCUT2D eigenvalue weighted by molar-refractivity contribution is -0.0810. The number of hydrogen-bond acceptors (Lipinski definition) is 3. The van der Waals surface area contributed by atoms with Crippen molar-refractivity contribution in [2.24, 2.45) is 63.1 Å². The number of nitrogens with zero attached hydrogens (tertiary/aromatic N) is 1. The third-order valence-electron chi connectivity index (χ3n) is 11.0. The van der Waals surface area contributed by atoms with Gasteiger partial charge in [0.05, 0.1) is 5.71 Å². The molecule has 4 aliphatic carbocycles. The first kappa shape index (κ1) is 24.6. The van der Waals surface area contributed by atoms with Crippen LogP contribution in [0.25, 0.3) is 0 Å². The zero-order valence-corrected chi connectivity index (χ0v) is 21.9. The van der Waals surface area contributed by atoms with Crippen LogP contribution in [0, 0.1) is 52.3 Å². The van der Waals surface area contributed by atoms with Crippen molar-refractivity contribution in [3.8, 4) is 0 Å². The van der Waals surface area contributed by atoms with E-state index in [2.05, 4.69) is 34.6 Å². The van der Waals surface area contributed by atoms with Crippen LogP contribution in [0.3, 0.4) is 0 Å². The molecule has 3 nitrogen and oxygen atoms in total. The maximum absolute atomic E-state index is 5.72. The molecule has 0 heterocycles. The molecular formula is C29H52N2O. The Morgan fingerprint density at radius 1 is 0.969 bits per heavy atom. The fourth-order valence-corrected chi connectivity index (χ4v) is 9.43. The molecule has 32 heavy (non-hydrogen) atoms. The van der Waals surface area contributed by atoms with Gasteiger partial charge in [0.15, 0.2) is 0 Å². The van der Waals surface area contributed by atoms with E-state index in [0.29, 0.717) is 29.9 Å². The predicted octanol–water partition coefficient (Wildman–Crippen LogP) is 7.44. The third-order valence-corrected chi connectivity index (χ3v) is 11.0. The Labute approximate surface area is 198 Å². The minimum atomic E-state index is 0.439. The van der Waals surface area contributed by atoms with Gasteiger partial charge >= 0.3 is 0 Å². The van der Waals surface area contributed by atoms with E-state index in [1.54, 1.807) is 0 Å². The van der Waals surface area contributed by atoms with Crippen molar-refractivity contribution in [3.63, 3.8) is 0 Å². The Bertz CT molecular complexity index is 660. The van der Waals surface area contributed by atoms with Crippen LogP contribution in [-0.4, -0.2) is 18.9 Å². The fourth-order valence-electron chi connectivity index (χ4n) is 9.43. The first-order valence-electron chi connectivity index (χ1n) is 14.2. The second-order valence-electron chi connectivity index (χ2n) is 13.1. The Balaban J connectivity index is 1.54. The first-order chi connectivity index (χ1) is 15.3. The Morgan fingerprint density at radius 2 is 1.75 bits per heavy atom. The summed E-state index contributed by atoms with van der Waals surface area (Å²) in [5.74, 6) is 5.89. The molecule has 0 aromatic heterocycles. The molecule has 4 aliphatic rings. The summed E-state index contributed by atoms with van der Waals surface area (Å²) < 4.78 is 0. The molecule has 0 aliphatic heterocycles. The molecule has 0 aromatic rings. The van der Waals surface area contributed by atoms with Crippen LogP contribution in [0.1, 0.15) is 112 Å². The van der Waals surface area contributed by atoms with E-state index in [0.717, 1.165) is 35.5 Å². The number of rotatable bonds is 8. The van der Waals surface area contributed by atoms with Gasteiger partial charge < -0.3 is 10.6 Å². The molecule has 3 heteroatoms. The molecule has 4 saturated carbocycles. The van der Waals surface area contributed by atoms with Crippen LogP contribution in [0.4, 0.5) is 0 Å². The predicted molar refractivity (Wildman–Crippen MR) is 136 cm³/mol. The SMILES string of the molecule is CC(C)CCC[C@@H](C)[C@H]1CC[C@H]2[C@@H]3C/C(=N\OCCN)[C@H]4CCCC[C@]4(C)[C@H]3CC[C@]12C. The summed E-state index contributed by atoms with van der Waals surface area (Å²) in [5, 5.41) is 4.78. The average molecular weight is 445 g/mol. The maximum atomic E-state index is 5.72. The fraction of sp³-hybridized carbons (Fsp3) is 0.966. The van der Waals surface area contributed by atoms with Crippen molar-refractivity contribution in [1.82, 2.24) is 0 Å². The number of hydrogen-bond donors (Lipinski definition) is 1. The van der Waals surface area contributed by atoms with E-state index < -0.39 is 0 Å². The number of fused-ring (bicyclic) bond motifs is 5. The highest BCUT2D eigenvalue weighted by Gasteiger charge is 2.61. The molecule has 0 saturated heterocycles. The van der Waals surface area contributed by atoms with Crippen LogP contribution >= 0.6 is 0 Å². The van der Waals surface area contributed by atoms with Crippen LogP contribution in [0.15, 0.2) is 5.16 Å². The van der Waals surface area contributed by atoms with Crippen molar-refractivity contribution < 1.29 is 4.84 Å². The van der Waals surface area contributed by atoms with E-state index in [1.165, 1.54) is 82.8 Å². The standard InChI is InChI=1S/C29H52N2O/c1-20(2)9-8-10-21(3)23-12-13-24-22-19-27(31-32-18-17-30)26-11-6-7-15-28(26,4)25(22)14-16-29(23,24)5/h20-26H,6-19,30H2,1-5H3/b31-27+/t21-,22+,23-,24+,25+,26-,28-,29-/m1/s1. The lowest BCUT2D eigenvalue weighted by atomic mass is 9.44. The highest BCUT2D eigenvalue weighted by atomic mass is 16.6. The lowest BCUT2D eigenvalue weighted by Crippen LogP contribution is -2.56. The Hall–Kier alpha value is -0.570. The summed E-state index contributed by atoms with van der Waals surface area (Å²) in [6.07, 6.45) is 16.8. The summed E-state index contributed by atoms with van der Waals surface area (Å²) in [6.45, 7) is 13.8. The van der Waals surface area contributed by atoms with Crippen LogP contribution in [-0.2, 0) is 4.84 Å². The minimum Gasteiger partial charge on any atom is -0.394 e. The monoisotopic (exact) mass is 444 g/mol. The van der Waals surface area contributed by atoms with E-state index in [1.807, 2.05) is 0 Å². The topological polar surface area (TPSA) is 47.6 Å². The minimum absolute atomic E-state index is 0.439. The van der Waals surface area contributed by atoms with Gasteiger partial charge in [-0.1, -0.05) is 71.9 Å². The molecule has 0 bridgehead atoms. The second kappa shape index (κ2) is 9.96. The summed E-state index contributed by atoms with van der Waals surface area (Å²) in [4.78, 5) is 5.72. The largest absolute Gasteiger partial charge is 0.394 e. The van der Waals surface area contributed by atoms with E-state index in [9.17, 15) is 0 Å². The third kappa shape index (κ3) is 4.41. The maximum Gasteiger partial charge on any atom is 0.129 e. The summed E-state index contributed by atoms with van der Waals surface area (Å²) >= 11 is 0. The normalized spacial score (nSPS) is 43.6. The van der Waals surface area contributed by atoms with Gasteiger partial charge in [0.1, 0.15) is 6.61 Å². The van der Waals surface area contributed by atoms with Crippen LogP contribution in [0.2, 0.25) is 0 Å². The van der Waals surface area contributed by atoms with Crippen LogP contribution < -0.4 is 5.73 Å². The molecule has 184 valence electrons. The molecule has 0 amide bonds. The zero-order valence-electron chi connectivity index (χ0n) is 21.9. The van der Waals surface area contributed by atoms with Crippen LogP contribution in [0.5, 0.6) is 0 Å². The van der Waals surface area contributed by atoms with Crippen molar-refractivity contribution >= 4 is 5.71 Å². The highest BCUT2D eigenvalue weighted by molar-refractivity contribution is 5.88. The van der Waals surface area contributed by atoms with Crippen molar-refractivity contribution in [2.75, 3.05) is 13.2 Å². The van der Waals surface area contributed by atoms with Gasteiger partial charge in [0, 0.05) is 12.5 Å².